The van der Waals surface area contributed by atoms with Crippen LogP contribution in [0.15, 0.2) is 231 Å². The molecule has 6 nitrogen and oxygen atoms in total. The van der Waals surface area contributed by atoms with E-state index in [0.29, 0.717) is 0 Å². The Morgan fingerprint density at radius 2 is 0.605 bits per heavy atom. The fraction of sp³-hybridized carbons (Fsp3) is 0.0857. The monoisotopic (exact) mass is 974 g/mol. The molecule has 360 valence electrons. The van der Waals surface area contributed by atoms with Crippen molar-refractivity contribution in [3.63, 3.8) is 0 Å². The van der Waals surface area contributed by atoms with E-state index in [9.17, 15) is 0 Å². The van der Waals surface area contributed by atoms with Crippen LogP contribution in [-0.2, 0) is 10.8 Å². The minimum atomic E-state index is -0.290. The second-order valence-electron chi connectivity index (χ2n) is 21.8. The lowest BCUT2D eigenvalue weighted by atomic mass is 9.73. The molecule has 0 atom stereocenters. The number of rotatable bonds is 4. The van der Waals surface area contributed by atoms with Crippen molar-refractivity contribution in [3.8, 4) is 11.4 Å². The molecular weight excluding hydrogens is 925 g/mol. The van der Waals surface area contributed by atoms with Crippen LogP contribution in [0.2, 0.25) is 0 Å². The quantitative estimate of drug-likeness (QED) is 0.165. The van der Waals surface area contributed by atoms with Crippen LogP contribution in [0.25, 0.3) is 87.6 Å². The third kappa shape index (κ3) is 5.81. The molecule has 0 aliphatic carbocycles. The number of hydrogen-bond donors (Lipinski definition) is 0. The second-order valence-corrected chi connectivity index (χ2v) is 21.8. The van der Waals surface area contributed by atoms with Gasteiger partial charge in [-0.15, -0.1) is 0 Å². The van der Waals surface area contributed by atoms with Crippen molar-refractivity contribution in [3.05, 3.63) is 253 Å². The maximum Gasteiger partial charge on any atom is 0.0971 e. The van der Waals surface area contributed by atoms with E-state index in [1.807, 2.05) is 12.4 Å². The van der Waals surface area contributed by atoms with E-state index in [0.717, 1.165) is 55.3 Å². The zero-order chi connectivity index (χ0) is 50.6. The van der Waals surface area contributed by atoms with E-state index >= 15 is 0 Å². The average molecular weight is 975 g/mol. The minimum absolute atomic E-state index is 0.290. The summed E-state index contributed by atoms with van der Waals surface area (Å²) in [4.78, 5) is 15.0. The summed E-state index contributed by atoms with van der Waals surface area (Å²) < 4.78 is 4.87. The van der Waals surface area contributed by atoms with E-state index in [1.165, 1.54) is 88.6 Å². The Morgan fingerprint density at radius 1 is 0.276 bits per heavy atom. The second kappa shape index (κ2) is 15.5. The molecule has 0 saturated heterocycles. The van der Waals surface area contributed by atoms with E-state index in [-0.39, 0.29) is 10.8 Å². The topological polar surface area (TPSA) is 42.1 Å². The van der Waals surface area contributed by atoms with Crippen molar-refractivity contribution in [2.24, 2.45) is 0 Å². The van der Waals surface area contributed by atoms with Crippen LogP contribution in [-0.4, -0.2) is 19.1 Å². The first kappa shape index (κ1) is 42.9. The Hall–Kier alpha value is -9.52. The fourth-order valence-electron chi connectivity index (χ4n) is 13.6. The molecule has 0 radical (unpaired) electrons. The summed E-state index contributed by atoms with van der Waals surface area (Å²) in [5.41, 5.74) is 20.3. The fourth-order valence-corrected chi connectivity index (χ4v) is 13.6. The molecule has 76 heavy (non-hydrogen) atoms. The highest BCUT2D eigenvalue weighted by Crippen LogP contribution is 2.55. The molecule has 11 aromatic carbocycles. The normalized spacial score (nSPS) is 14.5. The van der Waals surface area contributed by atoms with Crippen molar-refractivity contribution in [1.29, 1.82) is 0 Å². The summed E-state index contributed by atoms with van der Waals surface area (Å²) in [7, 11) is 0. The highest BCUT2D eigenvalue weighted by atomic mass is 15.2. The molecule has 0 fully saturated rings. The summed E-state index contributed by atoms with van der Waals surface area (Å²) in [6.07, 6.45) is 3.64. The van der Waals surface area contributed by atoms with Crippen molar-refractivity contribution in [2.75, 3.05) is 9.80 Å². The van der Waals surface area contributed by atoms with Crippen molar-refractivity contribution >= 4 is 110 Å². The molecule has 0 amide bonds. The number of anilines is 6. The van der Waals surface area contributed by atoms with E-state index in [4.69, 9.17) is 9.97 Å². The van der Waals surface area contributed by atoms with Crippen LogP contribution in [0.4, 0.5) is 34.1 Å². The lowest BCUT2D eigenvalue weighted by Crippen LogP contribution is -2.30. The molecule has 6 heteroatoms. The molecule has 0 N–H and O–H groups in total. The Labute approximate surface area is 440 Å². The molecule has 0 saturated carbocycles. The van der Waals surface area contributed by atoms with E-state index < -0.39 is 0 Å². The van der Waals surface area contributed by atoms with Crippen molar-refractivity contribution in [2.45, 2.75) is 38.5 Å². The number of aromatic nitrogens is 4. The number of para-hydroxylation sites is 6. The van der Waals surface area contributed by atoms with Gasteiger partial charge in [0.2, 0.25) is 0 Å². The van der Waals surface area contributed by atoms with Gasteiger partial charge < -0.3 is 18.9 Å². The molecule has 14 aromatic rings. The third-order valence-corrected chi connectivity index (χ3v) is 17.1. The Balaban J connectivity index is 0.902. The number of hydrogen-bond acceptors (Lipinski definition) is 4. The van der Waals surface area contributed by atoms with Crippen molar-refractivity contribution < 1.29 is 0 Å². The summed E-state index contributed by atoms with van der Waals surface area (Å²) in [6, 6.07) is 81.1. The molecular formula is C70H50N6. The van der Waals surface area contributed by atoms with Crippen LogP contribution in [0, 0.1) is 0 Å². The summed E-state index contributed by atoms with van der Waals surface area (Å²) in [6.45, 7) is 9.50. The standard InChI is InChI=1S/C70H50N6/c1-69(2)55-21-9-15-27-63(55)75(65-35-31-45(41-57(65)69)73-59-23-11-5-17-47(59)48-18-6-12-24-60(48)73)43-29-33-51-53(39-43)54-40-44(30-34-52(54)68-67(51)71-37-38-72-68)76-64-28-16-10-22-56(64)70(3,4)58-42-46(32-36-66(58)76)74-61-25-13-7-19-49(61)50-20-8-14-26-62(50)74/h5-42H,1-4H3. The Morgan fingerprint density at radius 3 is 1.00 bits per heavy atom. The first-order chi connectivity index (χ1) is 37.2. The zero-order valence-electron chi connectivity index (χ0n) is 42.6. The van der Waals surface area contributed by atoms with E-state index in [2.05, 4.69) is 265 Å². The molecule has 0 unspecified atom stereocenters. The smallest absolute Gasteiger partial charge is 0.0971 e. The third-order valence-electron chi connectivity index (χ3n) is 17.1. The number of fused-ring (bicyclic) bond motifs is 16. The van der Waals surface area contributed by atoms with Gasteiger partial charge in [-0.1, -0.05) is 149 Å². The van der Waals surface area contributed by atoms with Gasteiger partial charge in [-0.05, 0) is 130 Å². The SMILES string of the molecule is CC1(C)c2ccccc2N(c2ccc3c(c2)c2cc(N4c5ccccc5C(C)(C)c5cc(-n6c7ccccc7c7ccccc76)ccc54)ccc2c2nccnc32)c2ccc(-n3c4ccccc4c4ccccc43)cc21. The summed E-state index contributed by atoms with van der Waals surface area (Å²) in [5.74, 6) is 0. The van der Waals surface area contributed by atoms with Gasteiger partial charge >= 0.3 is 0 Å². The Bertz CT molecular complexity index is 4390. The zero-order valence-corrected chi connectivity index (χ0v) is 42.6. The summed E-state index contributed by atoms with van der Waals surface area (Å²) >= 11 is 0. The lowest BCUT2D eigenvalue weighted by molar-refractivity contribution is 0.631. The molecule has 0 spiro atoms. The maximum atomic E-state index is 5.03. The molecule has 2 aliphatic heterocycles. The van der Waals surface area contributed by atoms with Crippen LogP contribution >= 0.6 is 0 Å². The van der Waals surface area contributed by atoms with Gasteiger partial charge in [0.15, 0.2) is 0 Å². The van der Waals surface area contributed by atoms with E-state index in [1.54, 1.807) is 0 Å². The predicted molar refractivity (Wildman–Crippen MR) is 317 cm³/mol. The summed E-state index contributed by atoms with van der Waals surface area (Å²) in [5, 5.41) is 9.42. The van der Waals surface area contributed by atoms with Gasteiger partial charge in [0.25, 0.3) is 0 Å². The maximum absolute atomic E-state index is 5.03. The van der Waals surface area contributed by atoms with Gasteiger partial charge in [0.05, 0.1) is 55.8 Å². The van der Waals surface area contributed by atoms with Crippen LogP contribution in [0.5, 0.6) is 0 Å². The highest BCUT2D eigenvalue weighted by molar-refractivity contribution is 6.24. The number of benzene rings is 11. The number of nitrogens with zero attached hydrogens (tertiary/aromatic N) is 6. The molecule has 16 rings (SSSR count). The first-order valence-electron chi connectivity index (χ1n) is 26.4. The molecule has 3 aromatic heterocycles. The van der Waals surface area contributed by atoms with Gasteiger partial charge in [-0.25, -0.2) is 0 Å². The van der Waals surface area contributed by atoms with Crippen LogP contribution in [0.1, 0.15) is 49.9 Å². The van der Waals surface area contributed by atoms with Crippen molar-refractivity contribution in [1.82, 2.24) is 19.1 Å². The van der Waals surface area contributed by atoms with Gasteiger partial charge in [-0.3, -0.25) is 9.97 Å². The van der Waals surface area contributed by atoms with Gasteiger partial charge in [0.1, 0.15) is 0 Å². The molecule has 2 aliphatic rings. The van der Waals surface area contributed by atoms with Crippen LogP contribution < -0.4 is 9.80 Å². The largest absolute Gasteiger partial charge is 0.310 e. The Kier molecular flexibility index (Phi) is 8.76. The molecule has 0 bridgehead atoms. The molecule has 5 heterocycles. The van der Waals surface area contributed by atoms with Gasteiger partial charge in [-0.2, -0.15) is 0 Å². The van der Waals surface area contributed by atoms with Crippen LogP contribution in [0.3, 0.4) is 0 Å². The highest BCUT2D eigenvalue weighted by Gasteiger charge is 2.39. The predicted octanol–water partition coefficient (Wildman–Crippen LogP) is 18.3. The minimum Gasteiger partial charge on any atom is -0.310 e. The first-order valence-corrected chi connectivity index (χ1v) is 26.4. The lowest BCUT2D eigenvalue weighted by Gasteiger charge is -2.42. The average Bonchev–Trinajstić information content (AvgIpc) is 4.10. The van der Waals surface area contributed by atoms with Gasteiger partial charge in [0, 0.05) is 78.3 Å².